The topological polar surface area (TPSA) is 42.0 Å². The Kier molecular flexibility index (Phi) is 6.22. The second-order valence-electron chi connectivity index (χ2n) is 6.21. The van der Waals surface area contributed by atoms with Crippen molar-refractivity contribution in [2.45, 2.75) is 32.7 Å². The third-order valence-electron chi connectivity index (χ3n) is 4.25. The number of carbonyl (C=O) groups is 1. The van der Waals surface area contributed by atoms with Gasteiger partial charge in [0.05, 0.1) is 18.2 Å². The van der Waals surface area contributed by atoms with Gasteiger partial charge in [0, 0.05) is 15.4 Å². The predicted molar refractivity (Wildman–Crippen MR) is 111 cm³/mol. The summed E-state index contributed by atoms with van der Waals surface area (Å²) in [5, 5.41) is 5.96. The summed E-state index contributed by atoms with van der Waals surface area (Å²) in [6.45, 7) is 4.13. The van der Waals surface area contributed by atoms with Gasteiger partial charge in [0.15, 0.2) is 0 Å². The van der Waals surface area contributed by atoms with Crippen LogP contribution in [0.1, 0.15) is 36.7 Å². The van der Waals surface area contributed by atoms with Gasteiger partial charge < -0.3 is 5.32 Å². The van der Waals surface area contributed by atoms with Crippen molar-refractivity contribution in [3.05, 3.63) is 75.2 Å². The highest BCUT2D eigenvalue weighted by molar-refractivity contribution is 9.10. The fourth-order valence-corrected chi connectivity index (χ4v) is 3.79. The highest BCUT2D eigenvalue weighted by Gasteiger charge is 2.12. The number of halogens is 1. The molecule has 0 aliphatic heterocycles. The zero-order chi connectivity index (χ0) is 18.5. The Hall–Kier alpha value is -1.98. The van der Waals surface area contributed by atoms with E-state index in [1.807, 2.05) is 36.6 Å². The number of carbonyl (C=O) groups excluding carboxylic acids is 1. The Morgan fingerprint density at radius 2 is 1.85 bits per heavy atom. The highest BCUT2D eigenvalue weighted by Crippen LogP contribution is 2.24. The summed E-state index contributed by atoms with van der Waals surface area (Å²) in [4.78, 5) is 17.0. The third-order valence-corrected chi connectivity index (χ3v) is 5.72. The van der Waals surface area contributed by atoms with Gasteiger partial charge in [0.25, 0.3) is 0 Å². The Labute approximate surface area is 166 Å². The van der Waals surface area contributed by atoms with Gasteiger partial charge in [-0.1, -0.05) is 59.3 Å². The molecular weight excluding hydrogens is 408 g/mol. The zero-order valence-electron chi connectivity index (χ0n) is 14.8. The van der Waals surface area contributed by atoms with Crippen molar-refractivity contribution < 1.29 is 4.79 Å². The molecule has 1 atom stereocenters. The van der Waals surface area contributed by atoms with Gasteiger partial charge in [0.1, 0.15) is 5.01 Å². The summed E-state index contributed by atoms with van der Waals surface area (Å²) in [6.07, 6.45) is 1.32. The molecule has 1 N–H and O–H groups in total. The van der Waals surface area contributed by atoms with Gasteiger partial charge in [-0.3, -0.25) is 4.79 Å². The number of rotatable bonds is 6. The van der Waals surface area contributed by atoms with Gasteiger partial charge in [0.2, 0.25) is 5.91 Å². The number of amides is 1. The van der Waals surface area contributed by atoms with Crippen LogP contribution < -0.4 is 5.32 Å². The second-order valence-corrected chi connectivity index (χ2v) is 7.99. The molecule has 1 heterocycles. The van der Waals surface area contributed by atoms with Crippen molar-refractivity contribution in [1.82, 2.24) is 10.3 Å². The van der Waals surface area contributed by atoms with Gasteiger partial charge in [-0.25, -0.2) is 4.98 Å². The molecule has 3 aromatic rings. The van der Waals surface area contributed by atoms with E-state index in [2.05, 4.69) is 57.4 Å². The van der Waals surface area contributed by atoms with Crippen LogP contribution >= 0.6 is 27.3 Å². The molecule has 1 unspecified atom stereocenters. The molecule has 5 heteroatoms. The fourth-order valence-electron chi connectivity index (χ4n) is 2.70. The summed E-state index contributed by atoms with van der Waals surface area (Å²) in [5.74, 6) is -0.0152. The maximum Gasteiger partial charge on any atom is 0.226 e. The Morgan fingerprint density at radius 3 is 2.50 bits per heavy atom. The molecule has 0 fully saturated rings. The SMILES string of the molecule is CCc1ccc(-c2nc(CC(=O)NC(C)c3ccc(Br)cc3)cs2)cc1. The lowest BCUT2D eigenvalue weighted by Gasteiger charge is -2.14. The summed E-state index contributed by atoms with van der Waals surface area (Å²) < 4.78 is 1.03. The first kappa shape index (κ1) is 18.8. The lowest BCUT2D eigenvalue weighted by molar-refractivity contribution is -0.121. The fraction of sp³-hybridized carbons (Fsp3) is 0.238. The molecule has 3 nitrogen and oxygen atoms in total. The number of benzene rings is 2. The van der Waals surface area contributed by atoms with E-state index in [1.165, 1.54) is 5.56 Å². The normalized spacial score (nSPS) is 12.0. The number of aromatic nitrogens is 1. The van der Waals surface area contributed by atoms with E-state index in [0.717, 1.165) is 32.7 Å². The molecule has 0 saturated heterocycles. The van der Waals surface area contributed by atoms with Crippen LogP contribution in [0.3, 0.4) is 0 Å². The van der Waals surface area contributed by atoms with Crippen molar-refractivity contribution >= 4 is 33.2 Å². The van der Waals surface area contributed by atoms with Gasteiger partial charge in [-0.15, -0.1) is 11.3 Å². The molecule has 0 radical (unpaired) electrons. The zero-order valence-corrected chi connectivity index (χ0v) is 17.2. The number of hydrogen-bond donors (Lipinski definition) is 1. The Morgan fingerprint density at radius 1 is 1.15 bits per heavy atom. The maximum absolute atomic E-state index is 12.3. The average Bonchev–Trinajstić information content (AvgIpc) is 3.10. The minimum absolute atomic E-state index is 0.0152. The largest absolute Gasteiger partial charge is 0.349 e. The van der Waals surface area contributed by atoms with Crippen molar-refractivity contribution in [3.8, 4) is 10.6 Å². The Bertz CT molecular complexity index is 872. The number of hydrogen-bond acceptors (Lipinski definition) is 3. The van der Waals surface area contributed by atoms with E-state index in [4.69, 9.17) is 0 Å². The smallest absolute Gasteiger partial charge is 0.226 e. The van der Waals surface area contributed by atoms with E-state index in [1.54, 1.807) is 11.3 Å². The first-order valence-electron chi connectivity index (χ1n) is 8.63. The monoisotopic (exact) mass is 428 g/mol. The van der Waals surface area contributed by atoms with Crippen molar-refractivity contribution in [2.75, 3.05) is 0 Å². The third kappa shape index (κ3) is 4.80. The van der Waals surface area contributed by atoms with Crippen LogP contribution in [0.5, 0.6) is 0 Å². The standard InChI is InChI=1S/C21H21BrN2OS/c1-3-15-4-6-17(7-5-15)21-24-19(13-26-21)12-20(25)23-14(2)16-8-10-18(22)11-9-16/h4-11,13-14H,3,12H2,1-2H3,(H,23,25). The molecule has 0 bridgehead atoms. The average molecular weight is 429 g/mol. The lowest BCUT2D eigenvalue weighted by atomic mass is 10.1. The van der Waals surface area contributed by atoms with E-state index in [-0.39, 0.29) is 11.9 Å². The van der Waals surface area contributed by atoms with E-state index in [9.17, 15) is 4.79 Å². The minimum Gasteiger partial charge on any atom is -0.349 e. The first-order chi connectivity index (χ1) is 12.5. The number of nitrogens with one attached hydrogen (secondary N) is 1. The number of thiazole rings is 1. The van der Waals surface area contributed by atoms with Crippen LogP contribution in [0.2, 0.25) is 0 Å². The molecule has 2 aromatic carbocycles. The molecule has 0 aliphatic rings. The van der Waals surface area contributed by atoms with Crippen LogP contribution in [0.25, 0.3) is 10.6 Å². The van der Waals surface area contributed by atoms with Crippen LogP contribution in [0.4, 0.5) is 0 Å². The molecule has 0 spiro atoms. The van der Waals surface area contributed by atoms with Crippen LogP contribution in [-0.2, 0) is 17.6 Å². The van der Waals surface area contributed by atoms with Crippen LogP contribution in [-0.4, -0.2) is 10.9 Å². The number of nitrogens with zero attached hydrogens (tertiary/aromatic N) is 1. The van der Waals surface area contributed by atoms with Crippen molar-refractivity contribution in [3.63, 3.8) is 0 Å². The summed E-state index contributed by atoms with van der Waals surface area (Å²) in [5.41, 5.74) is 4.30. The molecule has 26 heavy (non-hydrogen) atoms. The second kappa shape index (κ2) is 8.60. The van der Waals surface area contributed by atoms with Gasteiger partial charge in [-0.2, -0.15) is 0 Å². The Balaban J connectivity index is 1.61. The van der Waals surface area contributed by atoms with E-state index in [0.29, 0.717) is 6.42 Å². The molecule has 1 aromatic heterocycles. The molecule has 134 valence electrons. The maximum atomic E-state index is 12.3. The molecule has 3 rings (SSSR count). The molecular formula is C21H21BrN2OS. The molecule has 0 saturated carbocycles. The van der Waals surface area contributed by atoms with Crippen LogP contribution in [0, 0.1) is 0 Å². The molecule has 1 amide bonds. The quantitative estimate of drug-likeness (QED) is 0.558. The van der Waals surface area contributed by atoms with Gasteiger partial charge >= 0.3 is 0 Å². The summed E-state index contributed by atoms with van der Waals surface area (Å²) in [7, 11) is 0. The van der Waals surface area contributed by atoms with Crippen molar-refractivity contribution in [1.29, 1.82) is 0 Å². The van der Waals surface area contributed by atoms with E-state index >= 15 is 0 Å². The van der Waals surface area contributed by atoms with Crippen LogP contribution in [0.15, 0.2) is 58.4 Å². The summed E-state index contributed by atoms with van der Waals surface area (Å²) >= 11 is 5.00. The van der Waals surface area contributed by atoms with E-state index < -0.39 is 0 Å². The van der Waals surface area contributed by atoms with Gasteiger partial charge in [-0.05, 0) is 36.6 Å². The molecule has 0 aliphatic carbocycles. The highest BCUT2D eigenvalue weighted by atomic mass is 79.9. The summed E-state index contributed by atoms with van der Waals surface area (Å²) in [6, 6.07) is 16.4. The number of aryl methyl sites for hydroxylation is 1. The minimum atomic E-state index is -0.0321. The lowest BCUT2D eigenvalue weighted by Crippen LogP contribution is -2.28. The van der Waals surface area contributed by atoms with Crippen molar-refractivity contribution in [2.24, 2.45) is 0 Å². The predicted octanol–water partition coefficient (Wildman–Crippen LogP) is 5.55. The first-order valence-corrected chi connectivity index (χ1v) is 10.3.